The van der Waals surface area contributed by atoms with Crippen molar-refractivity contribution in [2.24, 2.45) is 5.41 Å². The van der Waals surface area contributed by atoms with Gasteiger partial charge in [0.2, 0.25) is 0 Å². The van der Waals surface area contributed by atoms with E-state index in [1.165, 1.54) is 11.1 Å². The lowest BCUT2D eigenvalue weighted by molar-refractivity contribution is 0.0863. The number of nitrogens with one attached hydrogen (secondary N) is 1. The smallest absolute Gasteiger partial charge is 0.251 e. The number of hydrogen-bond acceptors (Lipinski definition) is 3. The summed E-state index contributed by atoms with van der Waals surface area (Å²) in [6.07, 6.45) is 1.07. The summed E-state index contributed by atoms with van der Waals surface area (Å²) in [6.45, 7) is 9.97. The summed E-state index contributed by atoms with van der Waals surface area (Å²) < 4.78 is 5.14. The van der Waals surface area contributed by atoms with E-state index >= 15 is 0 Å². The van der Waals surface area contributed by atoms with Crippen molar-refractivity contribution in [2.75, 3.05) is 20.2 Å². The fourth-order valence-electron chi connectivity index (χ4n) is 3.66. The van der Waals surface area contributed by atoms with Gasteiger partial charge < -0.3 is 10.1 Å². The van der Waals surface area contributed by atoms with Gasteiger partial charge in [-0.1, -0.05) is 57.2 Å². The minimum Gasteiger partial charge on any atom is -0.380 e. The number of rotatable bonds is 6. The quantitative estimate of drug-likeness (QED) is 0.822. The lowest BCUT2D eigenvalue weighted by atomic mass is 9.85. The molecular weight excluding hydrogens is 348 g/mol. The van der Waals surface area contributed by atoms with E-state index in [-0.39, 0.29) is 17.4 Å². The molecule has 1 atom stereocenters. The van der Waals surface area contributed by atoms with Gasteiger partial charge in [0.15, 0.2) is 0 Å². The Morgan fingerprint density at radius 2 is 1.79 bits per heavy atom. The van der Waals surface area contributed by atoms with Crippen molar-refractivity contribution in [1.29, 1.82) is 0 Å². The van der Waals surface area contributed by atoms with Crippen LogP contribution in [0.2, 0.25) is 0 Å². The van der Waals surface area contributed by atoms with E-state index in [2.05, 4.69) is 55.3 Å². The fraction of sp³-hybridized carbons (Fsp3) is 0.458. The van der Waals surface area contributed by atoms with Crippen molar-refractivity contribution in [3.05, 3.63) is 70.8 Å². The molecule has 28 heavy (non-hydrogen) atoms. The van der Waals surface area contributed by atoms with Crippen LogP contribution in [0, 0.1) is 5.41 Å². The number of carbonyl (C=O) groups is 1. The molecule has 4 heteroatoms. The van der Waals surface area contributed by atoms with E-state index in [4.69, 9.17) is 4.74 Å². The van der Waals surface area contributed by atoms with Crippen LogP contribution in [0.5, 0.6) is 0 Å². The molecule has 4 nitrogen and oxygen atoms in total. The van der Waals surface area contributed by atoms with Crippen molar-refractivity contribution < 1.29 is 9.53 Å². The monoisotopic (exact) mass is 380 g/mol. The Hall–Kier alpha value is -2.17. The Morgan fingerprint density at radius 3 is 2.43 bits per heavy atom. The maximum Gasteiger partial charge on any atom is 0.251 e. The van der Waals surface area contributed by atoms with E-state index in [1.807, 2.05) is 24.3 Å². The van der Waals surface area contributed by atoms with Crippen LogP contribution in [-0.4, -0.2) is 37.0 Å². The van der Waals surface area contributed by atoms with E-state index in [0.29, 0.717) is 12.2 Å². The summed E-state index contributed by atoms with van der Waals surface area (Å²) in [7, 11) is 1.67. The molecule has 3 rings (SSSR count). The molecule has 2 aromatic rings. The van der Waals surface area contributed by atoms with E-state index < -0.39 is 0 Å². The first-order chi connectivity index (χ1) is 13.4. The van der Waals surface area contributed by atoms with E-state index in [9.17, 15) is 4.79 Å². The normalized spacial score (nSPS) is 15.7. The third-order valence-electron chi connectivity index (χ3n) is 5.53. The van der Waals surface area contributed by atoms with Crippen molar-refractivity contribution in [3.63, 3.8) is 0 Å². The fourth-order valence-corrected chi connectivity index (χ4v) is 3.66. The lowest BCUT2D eigenvalue weighted by Gasteiger charge is -2.38. The Kier molecular flexibility index (Phi) is 6.53. The van der Waals surface area contributed by atoms with Crippen LogP contribution in [0.1, 0.15) is 47.8 Å². The Bertz CT molecular complexity index is 793. The highest BCUT2D eigenvalue weighted by Gasteiger charge is 2.29. The number of benzene rings is 2. The first-order valence-corrected chi connectivity index (χ1v) is 10.0. The van der Waals surface area contributed by atoms with Crippen molar-refractivity contribution >= 4 is 5.91 Å². The van der Waals surface area contributed by atoms with Crippen LogP contribution in [0.15, 0.2) is 48.5 Å². The number of fused-ring (bicyclic) bond motifs is 1. The molecule has 0 fully saturated rings. The molecule has 0 radical (unpaired) electrons. The molecule has 0 aliphatic carbocycles. The highest BCUT2D eigenvalue weighted by atomic mass is 16.5. The molecule has 1 aliphatic heterocycles. The molecule has 0 aromatic heterocycles. The number of carbonyl (C=O) groups excluding carboxylic acids is 1. The van der Waals surface area contributed by atoms with Gasteiger partial charge in [0, 0.05) is 38.3 Å². The summed E-state index contributed by atoms with van der Waals surface area (Å²) in [6, 6.07) is 16.4. The SMILES string of the molecule is COCc1ccc(C(=O)N[C@H](CN2CCc3ccccc3C2)C(C)(C)C)cc1. The third-order valence-corrected chi connectivity index (χ3v) is 5.53. The summed E-state index contributed by atoms with van der Waals surface area (Å²) in [5.41, 5.74) is 4.59. The van der Waals surface area contributed by atoms with Gasteiger partial charge in [-0.25, -0.2) is 0 Å². The maximum absolute atomic E-state index is 12.9. The highest BCUT2D eigenvalue weighted by molar-refractivity contribution is 5.94. The van der Waals surface area contributed by atoms with Gasteiger partial charge in [0.1, 0.15) is 0 Å². The molecule has 150 valence electrons. The molecule has 0 spiro atoms. The lowest BCUT2D eigenvalue weighted by Crippen LogP contribution is -2.51. The van der Waals surface area contributed by atoms with Crippen LogP contribution in [0.25, 0.3) is 0 Å². The standard InChI is InChI=1S/C24H32N2O2/c1-24(2,3)22(16-26-14-13-19-7-5-6-8-21(19)15-26)25-23(27)20-11-9-18(10-12-20)17-28-4/h5-12,22H,13-17H2,1-4H3,(H,25,27)/t22-/m1/s1. The topological polar surface area (TPSA) is 41.6 Å². The minimum atomic E-state index is -0.0252. The Balaban J connectivity index is 1.66. The van der Waals surface area contributed by atoms with Crippen LogP contribution in [0.4, 0.5) is 0 Å². The average Bonchev–Trinajstić information content (AvgIpc) is 2.67. The van der Waals surface area contributed by atoms with Gasteiger partial charge in [-0.15, -0.1) is 0 Å². The van der Waals surface area contributed by atoms with Crippen molar-refractivity contribution in [2.45, 2.75) is 46.4 Å². The van der Waals surface area contributed by atoms with Crippen LogP contribution in [-0.2, 0) is 24.3 Å². The molecule has 1 N–H and O–H groups in total. The first kappa shape index (κ1) is 20.6. The minimum absolute atomic E-state index is 0.0127. The summed E-state index contributed by atoms with van der Waals surface area (Å²) >= 11 is 0. The summed E-state index contributed by atoms with van der Waals surface area (Å²) in [5.74, 6) is -0.0127. The van der Waals surface area contributed by atoms with Gasteiger partial charge in [-0.3, -0.25) is 9.69 Å². The molecule has 1 amide bonds. The van der Waals surface area contributed by atoms with E-state index in [0.717, 1.165) is 31.6 Å². The number of nitrogens with zero attached hydrogens (tertiary/aromatic N) is 1. The molecular formula is C24H32N2O2. The maximum atomic E-state index is 12.9. The summed E-state index contributed by atoms with van der Waals surface area (Å²) in [5, 5.41) is 3.28. The second-order valence-corrected chi connectivity index (χ2v) is 8.78. The zero-order chi connectivity index (χ0) is 20.1. The Morgan fingerprint density at radius 1 is 1.11 bits per heavy atom. The van der Waals surface area contributed by atoms with Gasteiger partial charge in [-0.2, -0.15) is 0 Å². The van der Waals surface area contributed by atoms with Crippen molar-refractivity contribution in [1.82, 2.24) is 10.2 Å². The first-order valence-electron chi connectivity index (χ1n) is 10.0. The predicted octanol–water partition coefficient (Wildman–Crippen LogP) is 4.04. The zero-order valence-electron chi connectivity index (χ0n) is 17.5. The largest absolute Gasteiger partial charge is 0.380 e. The van der Waals surface area contributed by atoms with Gasteiger partial charge in [-0.05, 0) is 40.7 Å². The van der Waals surface area contributed by atoms with Crippen LogP contribution in [0.3, 0.4) is 0 Å². The second kappa shape index (κ2) is 8.89. The molecule has 0 unspecified atom stereocenters. The highest BCUT2D eigenvalue weighted by Crippen LogP contribution is 2.24. The molecule has 0 saturated heterocycles. The molecule has 0 saturated carbocycles. The third kappa shape index (κ3) is 5.21. The van der Waals surface area contributed by atoms with Crippen LogP contribution < -0.4 is 5.32 Å². The van der Waals surface area contributed by atoms with Crippen molar-refractivity contribution in [3.8, 4) is 0 Å². The summed E-state index contributed by atoms with van der Waals surface area (Å²) in [4.78, 5) is 15.3. The average molecular weight is 381 g/mol. The van der Waals surface area contributed by atoms with E-state index in [1.54, 1.807) is 7.11 Å². The van der Waals surface area contributed by atoms with Gasteiger partial charge in [0.05, 0.1) is 6.61 Å². The number of methoxy groups -OCH3 is 1. The predicted molar refractivity (Wildman–Crippen MR) is 113 cm³/mol. The molecule has 0 bridgehead atoms. The second-order valence-electron chi connectivity index (χ2n) is 8.78. The number of amides is 1. The number of ether oxygens (including phenoxy) is 1. The van der Waals surface area contributed by atoms with Gasteiger partial charge >= 0.3 is 0 Å². The van der Waals surface area contributed by atoms with Gasteiger partial charge in [0.25, 0.3) is 5.91 Å². The Labute approximate surface area is 168 Å². The molecule has 1 aliphatic rings. The van der Waals surface area contributed by atoms with Crippen LogP contribution >= 0.6 is 0 Å². The molecule has 2 aromatic carbocycles. The molecule has 1 heterocycles. The zero-order valence-corrected chi connectivity index (χ0v) is 17.5. The number of hydrogen-bond donors (Lipinski definition) is 1.